The first-order valence-electron chi connectivity index (χ1n) is 9.68. The van der Waals surface area contributed by atoms with Crippen LogP contribution in [0.2, 0.25) is 10.0 Å². The van der Waals surface area contributed by atoms with Gasteiger partial charge in [-0.3, -0.25) is 9.52 Å². The van der Waals surface area contributed by atoms with Gasteiger partial charge in [-0.25, -0.2) is 8.42 Å². The van der Waals surface area contributed by atoms with Gasteiger partial charge in [-0.1, -0.05) is 47.0 Å². The summed E-state index contributed by atoms with van der Waals surface area (Å²) >= 11 is 12.0. The SMILES string of the molecule is Cc1ccc(O[C@H](C)C(=O)Nc2ccc(S(=O)(=O)Nc3cccc(Cl)c3Cl)cc2)c(C)c1. The van der Waals surface area contributed by atoms with E-state index in [1.165, 1.54) is 30.3 Å². The fraction of sp³-hybridized carbons (Fsp3) is 0.174. The summed E-state index contributed by atoms with van der Waals surface area (Å²) in [5.74, 6) is 0.273. The maximum absolute atomic E-state index is 12.6. The Morgan fingerprint density at radius 2 is 1.69 bits per heavy atom. The van der Waals surface area contributed by atoms with E-state index in [0.717, 1.165) is 11.1 Å². The maximum Gasteiger partial charge on any atom is 0.265 e. The van der Waals surface area contributed by atoms with E-state index < -0.39 is 16.1 Å². The Morgan fingerprint density at radius 1 is 1.00 bits per heavy atom. The Kier molecular flexibility index (Phi) is 7.33. The summed E-state index contributed by atoms with van der Waals surface area (Å²) in [5, 5.41) is 3.07. The Balaban J connectivity index is 1.67. The molecule has 0 aliphatic rings. The average Bonchev–Trinajstić information content (AvgIpc) is 2.73. The van der Waals surface area contributed by atoms with Crippen molar-refractivity contribution >= 4 is 50.5 Å². The highest BCUT2D eigenvalue weighted by Gasteiger charge is 2.19. The Labute approximate surface area is 197 Å². The molecule has 32 heavy (non-hydrogen) atoms. The molecule has 1 amide bonds. The van der Waals surface area contributed by atoms with Gasteiger partial charge in [0.05, 0.1) is 20.6 Å². The molecule has 3 rings (SSSR count). The molecule has 3 aromatic carbocycles. The van der Waals surface area contributed by atoms with Crippen molar-refractivity contribution in [1.29, 1.82) is 0 Å². The normalized spacial score (nSPS) is 12.2. The van der Waals surface area contributed by atoms with E-state index in [2.05, 4.69) is 10.0 Å². The molecule has 9 heteroatoms. The largest absolute Gasteiger partial charge is 0.481 e. The van der Waals surface area contributed by atoms with Crippen molar-refractivity contribution in [3.05, 3.63) is 81.8 Å². The van der Waals surface area contributed by atoms with Crippen LogP contribution in [0.1, 0.15) is 18.1 Å². The van der Waals surface area contributed by atoms with Crippen LogP contribution >= 0.6 is 23.2 Å². The lowest BCUT2D eigenvalue weighted by atomic mass is 10.1. The molecule has 0 fully saturated rings. The second-order valence-corrected chi connectivity index (χ2v) is 9.72. The van der Waals surface area contributed by atoms with Gasteiger partial charge >= 0.3 is 0 Å². The van der Waals surface area contributed by atoms with Crippen LogP contribution in [-0.4, -0.2) is 20.4 Å². The summed E-state index contributed by atoms with van der Waals surface area (Å²) in [6, 6.07) is 16.1. The Bertz CT molecular complexity index is 1250. The molecule has 0 bridgehead atoms. The van der Waals surface area contributed by atoms with Crippen LogP contribution < -0.4 is 14.8 Å². The van der Waals surface area contributed by atoms with Crippen molar-refractivity contribution in [2.75, 3.05) is 10.0 Å². The monoisotopic (exact) mass is 492 g/mol. The molecule has 0 saturated heterocycles. The van der Waals surface area contributed by atoms with Crippen LogP contribution in [0, 0.1) is 13.8 Å². The third-order valence-electron chi connectivity index (χ3n) is 4.63. The zero-order valence-corrected chi connectivity index (χ0v) is 20.0. The van der Waals surface area contributed by atoms with Gasteiger partial charge in [0.25, 0.3) is 15.9 Å². The quantitative estimate of drug-likeness (QED) is 0.435. The first kappa shape index (κ1) is 23.9. The van der Waals surface area contributed by atoms with Crippen molar-refractivity contribution in [1.82, 2.24) is 0 Å². The summed E-state index contributed by atoms with van der Waals surface area (Å²) in [4.78, 5) is 12.5. The van der Waals surface area contributed by atoms with Crippen molar-refractivity contribution in [2.45, 2.75) is 31.8 Å². The highest BCUT2D eigenvalue weighted by atomic mass is 35.5. The molecule has 0 heterocycles. The minimum Gasteiger partial charge on any atom is -0.481 e. The van der Waals surface area contributed by atoms with Gasteiger partial charge in [0.1, 0.15) is 5.75 Å². The third-order valence-corrected chi connectivity index (χ3v) is 6.83. The second-order valence-electron chi connectivity index (χ2n) is 7.25. The number of carbonyl (C=O) groups excluding carboxylic acids is 1. The second kappa shape index (κ2) is 9.81. The molecule has 0 aromatic heterocycles. The molecule has 0 aliphatic carbocycles. The zero-order valence-electron chi connectivity index (χ0n) is 17.6. The number of rotatable bonds is 7. The predicted molar refractivity (Wildman–Crippen MR) is 128 cm³/mol. The highest BCUT2D eigenvalue weighted by molar-refractivity contribution is 7.92. The van der Waals surface area contributed by atoms with Crippen molar-refractivity contribution in [3.8, 4) is 5.75 Å². The van der Waals surface area contributed by atoms with Gasteiger partial charge in [0, 0.05) is 5.69 Å². The summed E-state index contributed by atoms with van der Waals surface area (Å²) in [7, 11) is -3.89. The molecule has 1 atom stereocenters. The summed E-state index contributed by atoms with van der Waals surface area (Å²) < 4.78 is 33.5. The predicted octanol–water partition coefficient (Wildman–Crippen LogP) is 5.82. The average molecular weight is 493 g/mol. The van der Waals surface area contributed by atoms with Gasteiger partial charge in [-0.15, -0.1) is 0 Å². The van der Waals surface area contributed by atoms with Crippen LogP contribution in [0.3, 0.4) is 0 Å². The third kappa shape index (κ3) is 5.73. The number of anilines is 2. The van der Waals surface area contributed by atoms with E-state index in [-0.39, 0.29) is 26.5 Å². The molecule has 0 aliphatic heterocycles. The molecule has 0 radical (unpaired) electrons. The van der Waals surface area contributed by atoms with Crippen LogP contribution in [0.15, 0.2) is 65.6 Å². The molecular weight excluding hydrogens is 471 g/mol. The topological polar surface area (TPSA) is 84.5 Å². The lowest BCUT2D eigenvalue weighted by Gasteiger charge is -2.17. The number of carbonyl (C=O) groups is 1. The summed E-state index contributed by atoms with van der Waals surface area (Å²) in [6.45, 7) is 5.54. The van der Waals surface area contributed by atoms with Crippen LogP contribution in [0.25, 0.3) is 0 Å². The molecule has 3 aromatic rings. The molecule has 0 spiro atoms. The van der Waals surface area contributed by atoms with E-state index in [4.69, 9.17) is 27.9 Å². The minimum absolute atomic E-state index is 0.00567. The van der Waals surface area contributed by atoms with Crippen LogP contribution in [-0.2, 0) is 14.8 Å². The summed E-state index contributed by atoms with van der Waals surface area (Å²) in [5.41, 5.74) is 2.65. The van der Waals surface area contributed by atoms with Crippen molar-refractivity contribution in [3.63, 3.8) is 0 Å². The lowest BCUT2D eigenvalue weighted by molar-refractivity contribution is -0.122. The number of hydrogen-bond donors (Lipinski definition) is 2. The Morgan fingerprint density at radius 3 is 2.34 bits per heavy atom. The first-order chi connectivity index (χ1) is 15.1. The van der Waals surface area contributed by atoms with Crippen LogP contribution in [0.5, 0.6) is 5.75 Å². The van der Waals surface area contributed by atoms with E-state index >= 15 is 0 Å². The van der Waals surface area contributed by atoms with Crippen molar-refractivity contribution < 1.29 is 17.9 Å². The van der Waals surface area contributed by atoms with Gasteiger partial charge in [-0.2, -0.15) is 0 Å². The van der Waals surface area contributed by atoms with Gasteiger partial charge in [0.15, 0.2) is 6.10 Å². The fourth-order valence-corrected chi connectivity index (χ4v) is 4.40. The fourth-order valence-electron chi connectivity index (χ4n) is 2.92. The number of ether oxygens (including phenoxy) is 1. The number of hydrogen-bond acceptors (Lipinski definition) is 4. The highest BCUT2D eigenvalue weighted by Crippen LogP contribution is 2.31. The van der Waals surface area contributed by atoms with Gasteiger partial charge in [-0.05, 0) is 68.8 Å². The van der Waals surface area contributed by atoms with Gasteiger partial charge in [0.2, 0.25) is 0 Å². The van der Waals surface area contributed by atoms with Gasteiger partial charge < -0.3 is 10.1 Å². The maximum atomic E-state index is 12.6. The number of amides is 1. The molecule has 2 N–H and O–H groups in total. The van der Waals surface area contributed by atoms with E-state index in [1.54, 1.807) is 19.1 Å². The minimum atomic E-state index is -3.89. The Hall–Kier alpha value is -2.74. The smallest absolute Gasteiger partial charge is 0.265 e. The standard InChI is InChI=1S/C23H22Cl2N2O4S/c1-14-7-12-21(15(2)13-14)31-16(3)23(28)26-17-8-10-18(11-9-17)32(29,30)27-20-6-4-5-19(24)22(20)25/h4-13,16,27H,1-3H3,(H,26,28)/t16-/m1/s1. The van der Waals surface area contributed by atoms with E-state index in [9.17, 15) is 13.2 Å². The van der Waals surface area contributed by atoms with Crippen LogP contribution in [0.4, 0.5) is 11.4 Å². The van der Waals surface area contributed by atoms with Crippen molar-refractivity contribution in [2.24, 2.45) is 0 Å². The molecule has 0 saturated carbocycles. The van der Waals surface area contributed by atoms with E-state index in [1.807, 2.05) is 32.0 Å². The summed E-state index contributed by atoms with van der Waals surface area (Å²) in [6.07, 6.45) is -0.744. The number of halogens is 2. The molecule has 168 valence electrons. The lowest BCUT2D eigenvalue weighted by Crippen LogP contribution is -2.30. The number of benzene rings is 3. The number of nitrogens with one attached hydrogen (secondary N) is 2. The molecule has 0 unspecified atom stereocenters. The van der Waals surface area contributed by atoms with E-state index in [0.29, 0.717) is 11.4 Å². The number of aryl methyl sites for hydroxylation is 2. The first-order valence-corrected chi connectivity index (χ1v) is 11.9. The number of sulfonamides is 1. The zero-order chi connectivity index (χ0) is 23.5. The molecular formula is C23H22Cl2N2O4S. The molecule has 6 nitrogen and oxygen atoms in total.